The van der Waals surface area contributed by atoms with Crippen molar-refractivity contribution in [3.05, 3.63) is 58.1 Å². The molecule has 4 heteroatoms. The summed E-state index contributed by atoms with van der Waals surface area (Å²) in [5.41, 5.74) is 3.51. The number of halogens is 1. The standard InChI is InChI=1S/C17H13ClO3/c1-9-5-10(2)14(17(19)20)8-13(9)16-7-11-6-12(18)3-4-15(11)21-16/h3-8H,1-2H3,(H,19,20). The fourth-order valence-electron chi connectivity index (χ4n) is 2.50. The quantitative estimate of drug-likeness (QED) is 0.719. The zero-order valence-corrected chi connectivity index (χ0v) is 12.4. The maximum atomic E-state index is 11.3. The minimum Gasteiger partial charge on any atom is -0.478 e. The van der Waals surface area contributed by atoms with Crippen LogP contribution in [-0.2, 0) is 0 Å². The summed E-state index contributed by atoms with van der Waals surface area (Å²) in [5.74, 6) is -0.292. The molecule has 0 radical (unpaired) electrons. The van der Waals surface area contributed by atoms with Gasteiger partial charge in [0.2, 0.25) is 0 Å². The molecule has 3 aromatic rings. The monoisotopic (exact) mass is 300 g/mol. The highest BCUT2D eigenvalue weighted by Gasteiger charge is 2.14. The van der Waals surface area contributed by atoms with E-state index < -0.39 is 5.97 Å². The molecule has 3 rings (SSSR count). The summed E-state index contributed by atoms with van der Waals surface area (Å²) in [5, 5.41) is 10.8. The first-order chi connectivity index (χ1) is 9.95. The van der Waals surface area contributed by atoms with E-state index in [1.807, 2.05) is 31.2 Å². The van der Waals surface area contributed by atoms with E-state index in [9.17, 15) is 9.90 Å². The summed E-state index contributed by atoms with van der Waals surface area (Å²) in [6, 6.07) is 10.8. The first-order valence-corrected chi connectivity index (χ1v) is 6.87. The van der Waals surface area contributed by atoms with E-state index in [-0.39, 0.29) is 5.56 Å². The van der Waals surface area contributed by atoms with Gasteiger partial charge in [-0.05, 0) is 55.3 Å². The van der Waals surface area contributed by atoms with Crippen LogP contribution in [0, 0.1) is 13.8 Å². The summed E-state index contributed by atoms with van der Waals surface area (Å²) in [4.78, 5) is 11.3. The molecule has 1 N–H and O–H groups in total. The molecular formula is C17H13ClO3. The maximum Gasteiger partial charge on any atom is 0.335 e. The summed E-state index contributed by atoms with van der Waals surface area (Å²) in [7, 11) is 0. The van der Waals surface area contributed by atoms with Gasteiger partial charge in [0, 0.05) is 16.0 Å². The van der Waals surface area contributed by atoms with Crippen molar-refractivity contribution >= 4 is 28.5 Å². The highest BCUT2D eigenvalue weighted by Crippen LogP contribution is 2.32. The average molecular weight is 301 g/mol. The lowest BCUT2D eigenvalue weighted by Crippen LogP contribution is -2.01. The van der Waals surface area contributed by atoms with Gasteiger partial charge in [0.1, 0.15) is 11.3 Å². The van der Waals surface area contributed by atoms with Gasteiger partial charge in [0.05, 0.1) is 5.56 Å². The molecule has 1 heterocycles. The zero-order chi connectivity index (χ0) is 15.1. The van der Waals surface area contributed by atoms with Crippen LogP contribution in [0.5, 0.6) is 0 Å². The topological polar surface area (TPSA) is 50.4 Å². The maximum absolute atomic E-state index is 11.3. The second-order valence-electron chi connectivity index (χ2n) is 5.08. The number of carboxylic acid groups (broad SMARTS) is 1. The van der Waals surface area contributed by atoms with E-state index in [2.05, 4.69) is 0 Å². The Labute approximate surface area is 126 Å². The molecule has 0 saturated carbocycles. The largest absolute Gasteiger partial charge is 0.478 e. The SMILES string of the molecule is Cc1cc(C)c(-c2cc3cc(Cl)ccc3o2)cc1C(=O)O. The summed E-state index contributed by atoms with van der Waals surface area (Å²) < 4.78 is 5.81. The third-order valence-corrected chi connectivity index (χ3v) is 3.78. The molecule has 0 aliphatic rings. The highest BCUT2D eigenvalue weighted by atomic mass is 35.5. The van der Waals surface area contributed by atoms with Gasteiger partial charge >= 0.3 is 5.97 Å². The van der Waals surface area contributed by atoms with Crippen molar-refractivity contribution in [1.29, 1.82) is 0 Å². The second-order valence-corrected chi connectivity index (χ2v) is 5.52. The molecule has 0 fully saturated rings. The van der Waals surface area contributed by atoms with Gasteiger partial charge in [-0.3, -0.25) is 0 Å². The summed E-state index contributed by atoms with van der Waals surface area (Å²) in [6.07, 6.45) is 0. The van der Waals surface area contributed by atoms with Gasteiger partial charge < -0.3 is 9.52 Å². The number of rotatable bonds is 2. The Morgan fingerprint density at radius 1 is 1.10 bits per heavy atom. The molecule has 0 amide bonds. The Morgan fingerprint density at radius 2 is 1.86 bits per heavy atom. The van der Waals surface area contributed by atoms with Crippen molar-refractivity contribution in [2.45, 2.75) is 13.8 Å². The fourth-order valence-corrected chi connectivity index (χ4v) is 2.68. The third-order valence-electron chi connectivity index (χ3n) is 3.55. The molecule has 2 aromatic carbocycles. The third kappa shape index (κ3) is 2.41. The van der Waals surface area contributed by atoms with Crippen LogP contribution >= 0.6 is 11.6 Å². The molecule has 3 nitrogen and oxygen atoms in total. The van der Waals surface area contributed by atoms with E-state index in [0.29, 0.717) is 10.8 Å². The van der Waals surface area contributed by atoms with E-state index in [0.717, 1.165) is 27.7 Å². The average Bonchev–Trinajstić information content (AvgIpc) is 2.80. The lowest BCUT2D eigenvalue weighted by atomic mass is 9.98. The Kier molecular flexibility index (Phi) is 3.22. The predicted octanol–water partition coefficient (Wildman–Crippen LogP) is 5.07. The number of fused-ring (bicyclic) bond motifs is 1. The summed E-state index contributed by atoms with van der Waals surface area (Å²) >= 11 is 5.97. The molecule has 0 aliphatic heterocycles. The van der Waals surface area contributed by atoms with Crippen molar-refractivity contribution in [1.82, 2.24) is 0 Å². The summed E-state index contributed by atoms with van der Waals surface area (Å²) in [6.45, 7) is 3.73. The lowest BCUT2D eigenvalue weighted by molar-refractivity contribution is 0.0696. The number of carbonyl (C=O) groups is 1. The van der Waals surface area contributed by atoms with Crippen molar-refractivity contribution < 1.29 is 14.3 Å². The van der Waals surface area contributed by atoms with Crippen molar-refractivity contribution in [3.8, 4) is 11.3 Å². The number of carboxylic acids is 1. The molecule has 0 aliphatic carbocycles. The lowest BCUT2D eigenvalue weighted by Gasteiger charge is -2.07. The van der Waals surface area contributed by atoms with Crippen LogP contribution in [-0.4, -0.2) is 11.1 Å². The van der Waals surface area contributed by atoms with Crippen LogP contribution in [0.25, 0.3) is 22.3 Å². The first kappa shape index (κ1) is 13.7. The number of furan rings is 1. The molecule has 21 heavy (non-hydrogen) atoms. The molecule has 0 unspecified atom stereocenters. The van der Waals surface area contributed by atoms with Gasteiger partial charge in [-0.1, -0.05) is 17.7 Å². The van der Waals surface area contributed by atoms with Crippen LogP contribution in [0.1, 0.15) is 21.5 Å². The molecule has 1 aromatic heterocycles. The van der Waals surface area contributed by atoms with Gasteiger partial charge in [-0.2, -0.15) is 0 Å². The van der Waals surface area contributed by atoms with Gasteiger partial charge in [-0.15, -0.1) is 0 Å². The minimum atomic E-state index is -0.937. The molecular weight excluding hydrogens is 288 g/mol. The predicted molar refractivity (Wildman–Crippen MR) is 83.1 cm³/mol. The normalized spacial score (nSPS) is 11.0. The molecule has 106 valence electrons. The van der Waals surface area contributed by atoms with Crippen LogP contribution < -0.4 is 0 Å². The smallest absolute Gasteiger partial charge is 0.335 e. The van der Waals surface area contributed by atoms with Crippen molar-refractivity contribution in [2.24, 2.45) is 0 Å². The highest BCUT2D eigenvalue weighted by molar-refractivity contribution is 6.31. The van der Waals surface area contributed by atoms with E-state index in [1.54, 1.807) is 19.1 Å². The first-order valence-electron chi connectivity index (χ1n) is 6.50. The molecule has 0 saturated heterocycles. The van der Waals surface area contributed by atoms with E-state index >= 15 is 0 Å². The Bertz CT molecular complexity index is 862. The van der Waals surface area contributed by atoms with Crippen LogP contribution in [0.4, 0.5) is 0 Å². The fraction of sp³-hybridized carbons (Fsp3) is 0.118. The Balaban J connectivity index is 2.22. The van der Waals surface area contributed by atoms with Gasteiger partial charge in [-0.25, -0.2) is 4.79 Å². The van der Waals surface area contributed by atoms with E-state index in [4.69, 9.17) is 16.0 Å². The Morgan fingerprint density at radius 3 is 2.57 bits per heavy atom. The van der Waals surface area contributed by atoms with Crippen molar-refractivity contribution in [2.75, 3.05) is 0 Å². The number of hydrogen-bond acceptors (Lipinski definition) is 2. The van der Waals surface area contributed by atoms with Crippen molar-refractivity contribution in [3.63, 3.8) is 0 Å². The van der Waals surface area contributed by atoms with Crippen LogP contribution in [0.15, 0.2) is 40.8 Å². The van der Waals surface area contributed by atoms with Crippen LogP contribution in [0.2, 0.25) is 5.02 Å². The Hall–Kier alpha value is -2.26. The van der Waals surface area contributed by atoms with E-state index in [1.165, 1.54) is 0 Å². The molecule has 0 spiro atoms. The number of aryl methyl sites for hydroxylation is 2. The molecule has 0 atom stereocenters. The second kappa shape index (κ2) is 4.93. The number of hydrogen-bond donors (Lipinski definition) is 1. The van der Waals surface area contributed by atoms with Crippen LogP contribution in [0.3, 0.4) is 0 Å². The number of aromatic carboxylic acids is 1. The molecule has 0 bridgehead atoms. The zero-order valence-electron chi connectivity index (χ0n) is 11.6. The van der Waals surface area contributed by atoms with Gasteiger partial charge in [0.25, 0.3) is 0 Å². The number of benzene rings is 2. The minimum absolute atomic E-state index is 0.286. The van der Waals surface area contributed by atoms with Gasteiger partial charge in [0.15, 0.2) is 0 Å².